The number of carbonyl (C=O) groups is 1. The van der Waals surface area contributed by atoms with Crippen LogP contribution in [-0.2, 0) is 27.1 Å². The number of unbranched alkanes of at least 4 members (excludes halogenated alkanes) is 1. The zero-order chi connectivity index (χ0) is 28.6. The van der Waals surface area contributed by atoms with E-state index in [1.165, 1.54) is 6.42 Å². The molecule has 1 saturated heterocycles. The molecule has 216 valence electrons. The van der Waals surface area contributed by atoms with Gasteiger partial charge in [0.1, 0.15) is 12.4 Å². The third kappa shape index (κ3) is 5.47. The van der Waals surface area contributed by atoms with E-state index < -0.39 is 7.12 Å². The molecule has 3 N–H and O–H groups in total. The highest BCUT2D eigenvalue weighted by molar-refractivity contribution is 6.47. The molecule has 7 rings (SSSR count). The van der Waals surface area contributed by atoms with E-state index in [0.29, 0.717) is 30.6 Å². The maximum atomic E-state index is 13.6. The normalized spacial score (nSPS) is 26.7. The minimum absolute atomic E-state index is 0.0689. The van der Waals surface area contributed by atoms with E-state index in [1.807, 2.05) is 48.5 Å². The third-order valence-electron chi connectivity index (χ3n) is 9.89. The van der Waals surface area contributed by atoms with Crippen LogP contribution in [0.25, 0.3) is 11.4 Å². The van der Waals surface area contributed by atoms with Crippen LogP contribution < -0.4 is 11.1 Å². The highest BCUT2D eigenvalue weighted by Crippen LogP contribution is 2.65. The largest absolute Gasteiger partial charge is 0.481 e. The topological polar surface area (TPSA) is 104 Å². The summed E-state index contributed by atoms with van der Waals surface area (Å²) in [5.41, 5.74) is 7.79. The molecular weight excluding hydrogens is 513 g/mol. The van der Waals surface area contributed by atoms with E-state index in [-0.39, 0.29) is 35.5 Å². The van der Waals surface area contributed by atoms with Crippen LogP contribution in [0.4, 0.5) is 0 Å². The number of benzene rings is 2. The number of hydrogen-bond donors (Lipinski definition) is 2. The van der Waals surface area contributed by atoms with Gasteiger partial charge in [-0.2, -0.15) is 5.10 Å². The Balaban J connectivity index is 1.20. The van der Waals surface area contributed by atoms with Gasteiger partial charge in [0.15, 0.2) is 5.82 Å². The van der Waals surface area contributed by atoms with Crippen LogP contribution in [0.1, 0.15) is 64.3 Å². The van der Waals surface area contributed by atoms with Crippen molar-refractivity contribution in [1.82, 2.24) is 20.1 Å². The molecule has 4 fully saturated rings. The van der Waals surface area contributed by atoms with Gasteiger partial charge in [0.2, 0.25) is 5.91 Å². The van der Waals surface area contributed by atoms with Crippen LogP contribution >= 0.6 is 0 Å². The minimum Gasteiger partial charge on any atom is -0.404 e. The second kappa shape index (κ2) is 11.3. The number of rotatable bonds is 11. The standard InChI is InChI=1S/C32H42BN5O3/c1-31(2)24-19-25(31)32(3)26(20-24)40-33(41-32)27(16-10-11-17-34)35-29(39)21-38-28(18-22-12-6-4-7-13-22)36-30(37-38)23-14-8-5-9-15-23/h4-9,12-15,24-27H,10-11,16-21,34H2,1-3H3,(H,35,39)/t24-,25-,26+,27-,32-/m0/s1. The molecule has 4 aliphatic rings. The molecular formula is C32H42BN5O3. The lowest BCUT2D eigenvalue weighted by Crippen LogP contribution is -2.65. The fourth-order valence-corrected chi connectivity index (χ4v) is 7.36. The molecule has 2 aromatic carbocycles. The van der Waals surface area contributed by atoms with E-state index in [2.05, 4.69) is 38.2 Å². The Morgan fingerprint density at radius 3 is 2.54 bits per heavy atom. The smallest absolute Gasteiger partial charge is 0.404 e. The second-order valence-corrected chi connectivity index (χ2v) is 12.8. The molecule has 3 saturated carbocycles. The molecule has 0 radical (unpaired) electrons. The summed E-state index contributed by atoms with van der Waals surface area (Å²) in [5, 5.41) is 8.03. The minimum atomic E-state index is -0.471. The summed E-state index contributed by atoms with van der Waals surface area (Å²) in [5.74, 6) is 2.12. The Morgan fingerprint density at radius 2 is 1.83 bits per heavy atom. The third-order valence-corrected chi connectivity index (χ3v) is 9.89. The van der Waals surface area contributed by atoms with Gasteiger partial charge >= 0.3 is 7.12 Å². The van der Waals surface area contributed by atoms with E-state index in [9.17, 15) is 4.79 Å². The van der Waals surface area contributed by atoms with E-state index in [1.54, 1.807) is 4.68 Å². The number of nitrogens with two attached hydrogens (primary N) is 1. The first kappa shape index (κ1) is 28.1. The van der Waals surface area contributed by atoms with Crippen molar-refractivity contribution in [2.24, 2.45) is 23.0 Å². The molecule has 9 heteroatoms. The van der Waals surface area contributed by atoms with Crippen molar-refractivity contribution in [1.29, 1.82) is 0 Å². The molecule has 3 aromatic rings. The number of nitrogens with zero attached hydrogens (tertiary/aromatic N) is 3. The average molecular weight is 556 g/mol. The van der Waals surface area contributed by atoms with Crippen molar-refractivity contribution in [3.63, 3.8) is 0 Å². The van der Waals surface area contributed by atoms with Crippen LogP contribution in [-0.4, -0.2) is 52.0 Å². The molecule has 41 heavy (non-hydrogen) atoms. The molecule has 5 atom stereocenters. The van der Waals surface area contributed by atoms with Crippen molar-refractivity contribution in [3.05, 3.63) is 72.1 Å². The zero-order valence-electron chi connectivity index (χ0n) is 24.5. The van der Waals surface area contributed by atoms with Gasteiger partial charge < -0.3 is 20.4 Å². The lowest BCUT2D eigenvalue weighted by molar-refractivity contribution is -0.199. The van der Waals surface area contributed by atoms with E-state index in [4.69, 9.17) is 25.1 Å². The summed E-state index contributed by atoms with van der Waals surface area (Å²) >= 11 is 0. The second-order valence-electron chi connectivity index (χ2n) is 12.8. The molecule has 2 bridgehead atoms. The number of aromatic nitrogens is 3. The number of amides is 1. The summed E-state index contributed by atoms with van der Waals surface area (Å²) in [6.45, 7) is 7.63. The Bertz CT molecular complexity index is 1350. The predicted octanol–water partition coefficient (Wildman–Crippen LogP) is 4.42. The fourth-order valence-electron chi connectivity index (χ4n) is 7.36. The quantitative estimate of drug-likeness (QED) is 0.268. The van der Waals surface area contributed by atoms with Crippen molar-refractivity contribution >= 4 is 13.0 Å². The highest BCUT2D eigenvalue weighted by atomic mass is 16.7. The molecule has 1 aliphatic heterocycles. The Kier molecular flexibility index (Phi) is 7.78. The Morgan fingerprint density at radius 1 is 1.10 bits per heavy atom. The van der Waals surface area contributed by atoms with Gasteiger partial charge in [-0.1, -0.05) is 80.9 Å². The van der Waals surface area contributed by atoms with Crippen molar-refractivity contribution < 1.29 is 14.1 Å². The first-order chi connectivity index (χ1) is 19.8. The van der Waals surface area contributed by atoms with E-state index >= 15 is 0 Å². The first-order valence-electron chi connectivity index (χ1n) is 15.1. The summed E-state index contributed by atoms with van der Waals surface area (Å²) in [6.07, 6.45) is 5.40. The zero-order valence-corrected chi connectivity index (χ0v) is 24.5. The molecule has 3 aliphatic carbocycles. The fraction of sp³-hybridized carbons (Fsp3) is 0.531. The highest BCUT2D eigenvalue weighted by Gasteiger charge is 2.68. The van der Waals surface area contributed by atoms with Crippen LogP contribution in [0.2, 0.25) is 0 Å². The van der Waals surface area contributed by atoms with Crippen molar-refractivity contribution in [3.8, 4) is 11.4 Å². The van der Waals surface area contributed by atoms with Crippen LogP contribution in [0.15, 0.2) is 60.7 Å². The van der Waals surface area contributed by atoms with Gasteiger partial charge in [-0.3, -0.25) is 4.79 Å². The number of hydrogen-bond acceptors (Lipinski definition) is 6. The monoisotopic (exact) mass is 555 g/mol. The summed E-state index contributed by atoms with van der Waals surface area (Å²) in [7, 11) is -0.471. The molecule has 0 unspecified atom stereocenters. The number of nitrogens with one attached hydrogen (secondary N) is 1. The van der Waals surface area contributed by atoms with Crippen LogP contribution in [0.5, 0.6) is 0 Å². The van der Waals surface area contributed by atoms with Gasteiger partial charge in [-0.15, -0.1) is 0 Å². The summed E-state index contributed by atoms with van der Waals surface area (Å²) < 4.78 is 15.0. The lowest BCUT2D eigenvalue weighted by Gasteiger charge is -2.64. The molecule has 0 spiro atoms. The van der Waals surface area contributed by atoms with E-state index in [0.717, 1.165) is 42.6 Å². The van der Waals surface area contributed by atoms with Crippen LogP contribution in [0.3, 0.4) is 0 Å². The molecule has 1 amide bonds. The number of carbonyl (C=O) groups excluding carboxylic acids is 1. The van der Waals surface area contributed by atoms with Crippen molar-refractivity contribution in [2.75, 3.05) is 6.54 Å². The Labute approximate surface area is 243 Å². The van der Waals surface area contributed by atoms with Gasteiger partial charge in [0.25, 0.3) is 0 Å². The average Bonchev–Trinajstić information content (AvgIpc) is 3.53. The van der Waals surface area contributed by atoms with Crippen LogP contribution in [0, 0.1) is 17.3 Å². The van der Waals surface area contributed by atoms with Gasteiger partial charge in [-0.05, 0) is 62.0 Å². The molecule has 8 nitrogen and oxygen atoms in total. The molecule has 2 heterocycles. The Hall–Kier alpha value is -3.01. The maximum absolute atomic E-state index is 13.6. The summed E-state index contributed by atoms with van der Waals surface area (Å²) in [6, 6.07) is 20.0. The first-order valence-corrected chi connectivity index (χ1v) is 15.1. The van der Waals surface area contributed by atoms with Gasteiger partial charge in [-0.25, -0.2) is 9.67 Å². The van der Waals surface area contributed by atoms with Crippen molar-refractivity contribution in [2.45, 2.75) is 83.5 Å². The summed E-state index contributed by atoms with van der Waals surface area (Å²) in [4.78, 5) is 18.4. The van der Waals surface area contributed by atoms with Gasteiger partial charge in [0, 0.05) is 12.0 Å². The lowest BCUT2D eigenvalue weighted by atomic mass is 9.43. The predicted molar refractivity (Wildman–Crippen MR) is 160 cm³/mol. The SMILES string of the molecule is CC1(C)[C@@H]2C[C@H]3OB([C@H](CCCCN)NC(=O)Cn4nc(-c5ccccc5)nc4Cc4ccccc4)O[C@@]3(C)[C@H]1C2. The van der Waals surface area contributed by atoms with Gasteiger partial charge in [0.05, 0.1) is 17.6 Å². The maximum Gasteiger partial charge on any atom is 0.481 e. The molecule has 1 aromatic heterocycles.